The van der Waals surface area contributed by atoms with Gasteiger partial charge in [-0.05, 0) is 13.0 Å². The zero-order chi connectivity index (χ0) is 11.9. The van der Waals surface area contributed by atoms with E-state index in [-0.39, 0.29) is 5.88 Å². The van der Waals surface area contributed by atoms with Gasteiger partial charge in [-0.3, -0.25) is 0 Å². The van der Waals surface area contributed by atoms with Crippen LogP contribution in [0.1, 0.15) is 26.5 Å². The van der Waals surface area contributed by atoms with E-state index in [0.29, 0.717) is 0 Å². The third-order valence-electron chi connectivity index (χ3n) is 1.25. The van der Waals surface area contributed by atoms with Crippen LogP contribution < -0.4 is 4.74 Å². The first-order valence-corrected chi connectivity index (χ1v) is 4.78. The molecule has 0 unspecified atom stereocenters. The number of hydrogen-bond donors (Lipinski definition) is 0. The summed E-state index contributed by atoms with van der Waals surface area (Å²) in [6.07, 6.45) is 0. The number of hydrogen-bond acceptors (Lipinski definition) is 3. The van der Waals surface area contributed by atoms with E-state index in [1.807, 2.05) is 13.8 Å². The lowest BCUT2D eigenvalue weighted by Gasteiger charge is -2.10. The average molecular weight is 218 g/mol. The van der Waals surface area contributed by atoms with E-state index in [1.165, 1.54) is 6.07 Å². The van der Waals surface area contributed by atoms with Crippen LogP contribution in [0.5, 0.6) is 5.88 Å². The van der Waals surface area contributed by atoms with Crippen molar-refractivity contribution >= 4 is 0 Å². The molecule has 0 aliphatic rings. The molecule has 0 saturated carbocycles. The third kappa shape index (κ3) is 6.76. The normalized spacial score (nSPS) is 10.3. The molecule has 1 aromatic rings. The predicted octanol–water partition coefficient (Wildman–Crippen LogP) is 2.85. The topological polar surface area (TPSA) is 35.0 Å². The van der Waals surface area contributed by atoms with Gasteiger partial charge in [0.2, 0.25) is 5.88 Å². The smallest absolute Gasteiger partial charge is 0.278 e. The Balaban J connectivity index is 0.000000921. The van der Waals surface area contributed by atoms with Crippen molar-refractivity contribution in [3.63, 3.8) is 0 Å². The van der Waals surface area contributed by atoms with Crippen molar-refractivity contribution in [3.05, 3.63) is 17.8 Å². The molecule has 1 heterocycles. The van der Waals surface area contributed by atoms with Gasteiger partial charge in [0.1, 0.15) is 0 Å². The molecule has 0 radical (unpaired) electrons. The molecule has 0 saturated heterocycles. The maximum absolute atomic E-state index is 12.3. The van der Waals surface area contributed by atoms with Crippen molar-refractivity contribution in [3.8, 4) is 5.88 Å². The predicted molar refractivity (Wildman–Crippen MR) is 54.2 cm³/mol. The van der Waals surface area contributed by atoms with E-state index in [0.717, 1.165) is 12.6 Å². The Morgan fingerprint density at radius 3 is 2.27 bits per heavy atom. The summed E-state index contributed by atoms with van der Waals surface area (Å²) in [7, 11) is 0. The van der Waals surface area contributed by atoms with Crippen molar-refractivity contribution in [1.82, 2.24) is 10.2 Å². The monoisotopic (exact) mass is 218 g/mol. The largest absolute Gasteiger partial charge is 0.470 e. The van der Waals surface area contributed by atoms with Gasteiger partial charge in [-0.2, -0.15) is 5.10 Å². The molecular weight excluding hydrogens is 202 g/mol. The molecule has 0 aliphatic heterocycles. The highest BCUT2D eigenvalue weighted by Gasteiger charge is 2.22. The van der Waals surface area contributed by atoms with Crippen molar-refractivity contribution in [2.24, 2.45) is 0 Å². The summed E-state index contributed by atoms with van der Waals surface area (Å²) in [5.74, 6) is -2.72. The van der Waals surface area contributed by atoms with E-state index in [9.17, 15) is 8.78 Å². The molecule has 0 spiro atoms. The second-order valence-corrected chi connectivity index (χ2v) is 2.87. The molecule has 0 bridgehead atoms. The number of aryl methyl sites for hydroxylation is 1. The van der Waals surface area contributed by atoms with Gasteiger partial charge in [0.25, 0.3) is 5.92 Å². The minimum Gasteiger partial charge on any atom is -0.470 e. The fourth-order valence-corrected chi connectivity index (χ4v) is 0.664. The zero-order valence-corrected chi connectivity index (χ0v) is 9.42. The van der Waals surface area contributed by atoms with Crippen LogP contribution in [0, 0.1) is 6.92 Å². The molecule has 0 amide bonds. The number of aromatic nitrogens is 2. The molecule has 1 rings (SSSR count). The summed E-state index contributed by atoms with van der Waals surface area (Å²) in [5, 5.41) is 7.24. The summed E-state index contributed by atoms with van der Waals surface area (Å²) < 4.78 is 29.3. The second kappa shape index (κ2) is 6.27. The zero-order valence-electron chi connectivity index (χ0n) is 9.42. The minimum absolute atomic E-state index is 0.118. The van der Waals surface area contributed by atoms with E-state index in [4.69, 9.17) is 4.74 Å². The highest BCUT2D eigenvalue weighted by molar-refractivity contribution is 5.10. The molecule has 0 N–H and O–H groups in total. The second-order valence-electron chi connectivity index (χ2n) is 2.87. The molecule has 0 aromatic carbocycles. The average Bonchev–Trinajstić information content (AvgIpc) is 2.19. The first kappa shape index (κ1) is 13.7. The first-order chi connectivity index (χ1) is 6.97. The van der Waals surface area contributed by atoms with Gasteiger partial charge in [0, 0.05) is 13.0 Å². The van der Waals surface area contributed by atoms with E-state index >= 15 is 0 Å². The first-order valence-electron chi connectivity index (χ1n) is 4.78. The Bertz CT molecular complexity index is 270. The highest BCUT2D eigenvalue weighted by Crippen LogP contribution is 2.13. The van der Waals surface area contributed by atoms with Crippen molar-refractivity contribution in [2.45, 2.75) is 33.6 Å². The standard InChI is InChI=1S/C8H10F2N2O.C2H6/c1-6-3-4-7(12-11-6)13-5-8(2,9)10;1-2/h3-4H,5H2,1-2H3;1-2H3. The molecule has 0 fully saturated rings. The minimum atomic E-state index is -2.84. The Labute approximate surface area is 88.5 Å². The molecule has 15 heavy (non-hydrogen) atoms. The maximum Gasteiger partial charge on any atom is 0.278 e. The maximum atomic E-state index is 12.3. The molecule has 0 aliphatic carbocycles. The van der Waals surface area contributed by atoms with Crippen LogP contribution in [0.3, 0.4) is 0 Å². The molecule has 86 valence electrons. The molecule has 5 heteroatoms. The molecule has 0 atom stereocenters. The summed E-state index contributed by atoms with van der Waals surface area (Å²) in [6, 6.07) is 3.16. The Hall–Kier alpha value is -1.26. The number of nitrogens with zero attached hydrogens (tertiary/aromatic N) is 2. The van der Waals surface area contributed by atoms with Gasteiger partial charge in [-0.1, -0.05) is 13.8 Å². The van der Waals surface area contributed by atoms with Crippen molar-refractivity contribution in [1.29, 1.82) is 0 Å². The molecule has 1 aromatic heterocycles. The lowest BCUT2D eigenvalue weighted by atomic mass is 10.4. The highest BCUT2D eigenvalue weighted by atomic mass is 19.3. The quantitative estimate of drug-likeness (QED) is 0.782. The van der Waals surface area contributed by atoms with Crippen LogP contribution in [0.25, 0.3) is 0 Å². The van der Waals surface area contributed by atoms with Gasteiger partial charge >= 0.3 is 0 Å². The van der Waals surface area contributed by atoms with Crippen LogP contribution in [-0.2, 0) is 0 Å². The summed E-state index contributed by atoms with van der Waals surface area (Å²) >= 11 is 0. The van der Waals surface area contributed by atoms with Crippen molar-refractivity contribution < 1.29 is 13.5 Å². The fourth-order valence-electron chi connectivity index (χ4n) is 0.664. The summed E-state index contributed by atoms with van der Waals surface area (Å²) in [4.78, 5) is 0. The molecular formula is C10H16F2N2O. The Morgan fingerprint density at radius 2 is 1.87 bits per heavy atom. The fraction of sp³-hybridized carbons (Fsp3) is 0.600. The molecule has 3 nitrogen and oxygen atoms in total. The lowest BCUT2D eigenvalue weighted by molar-refractivity contribution is -0.0245. The van der Waals surface area contributed by atoms with Gasteiger partial charge in [-0.15, -0.1) is 5.10 Å². The van der Waals surface area contributed by atoms with Gasteiger partial charge in [0.05, 0.1) is 5.69 Å². The number of halogens is 2. The third-order valence-corrected chi connectivity index (χ3v) is 1.25. The SMILES string of the molecule is CC.Cc1ccc(OCC(C)(F)F)nn1. The summed E-state index contributed by atoms with van der Waals surface area (Å²) in [6.45, 7) is 5.87. The number of rotatable bonds is 3. The summed E-state index contributed by atoms with van der Waals surface area (Å²) in [5.41, 5.74) is 0.718. The van der Waals surface area contributed by atoms with Gasteiger partial charge < -0.3 is 4.74 Å². The number of ether oxygens (including phenoxy) is 1. The van der Waals surface area contributed by atoms with E-state index in [2.05, 4.69) is 10.2 Å². The van der Waals surface area contributed by atoms with Gasteiger partial charge in [0.15, 0.2) is 6.61 Å². The number of alkyl halides is 2. The van der Waals surface area contributed by atoms with Crippen molar-refractivity contribution in [2.75, 3.05) is 6.61 Å². The Kier molecular flexibility index (Phi) is 5.74. The van der Waals surface area contributed by atoms with Crippen LogP contribution in [0.15, 0.2) is 12.1 Å². The van der Waals surface area contributed by atoms with E-state index < -0.39 is 12.5 Å². The van der Waals surface area contributed by atoms with Crippen LogP contribution in [-0.4, -0.2) is 22.7 Å². The lowest BCUT2D eigenvalue weighted by Crippen LogP contribution is -2.21. The van der Waals surface area contributed by atoms with Crippen LogP contribution in [0.4, 0.5) is 8.78 Å². The van der Waals surface area contributed by atoms with E-state index in [1.54, 1.807) is 13.0 Å². The van der Waals surface area contributed by atoms with Gasteiger partial charge in [-0.25, -0.2) is 8.78 Å². The Morgan fingerprint density at radius 1 is 1.27 bits per heavy atom. The van der Waals surface area contributed by atoms with Crippen LogP contribution in [0.2, 0.25) is 0 Å². The van der Waals surface area contributed by atoms with Crippen LogP contribution >= 0.6 is 0 Å².